The molecule has 6 heteroatoms. The van der Waals surface area contributed by atoms with Gasteiger partial charge in [0.15, 0.2) is 0 Å². The number of hydrogen-bond donors (Lipinski definition) is 1. The summed E-state index contributed by atoms with van der Waals surface area (Å²) in [5, 5.41) is 3.73. The van der Waals surface area contributed by atoms with Gasteiger partial charge in [-0.3, -0.25) is 14.2 Å². The Balaban J connectivity index is 1.38. The second-order valence-electron chi connectivity index (χ2n) is 7.85. The standard InChI is InChI=1S/C20H24BrN3O2/c1-12(16-9-13-2-3-14(16)8-13)23-19(25)6-7-24-11-22-18-5-4-15(21)10-17(18)20(24)26/h4-5,10-14,16H,2-3,6-9H2,1H3,(H,23,25). The zero-order valence-electron chi connectivity index (χ0n) is 15.0. The van der Waals surface area contributed by atoms with Crippen LogP contribution in [0.1, 0.15) is 39.0 Å². The number of benzene rings is 1. The summed E-state index contributed by atoms with van der Waals surface area (Å²) < 4.78 is 2.37. The third-order valence-corrected chi connectivity index (χ3v) is 6.68. The predicted octanol–water partition coefficient (Wildman–Crippen LogP) is 3.49. The number of rotatable bonds is 5. The van der Waals surface area contributed by atoms with Gasteiger partial charge in [-0.15, -0.1) is 0 Å². The lowest BCUT2D eigenvalue weighted by Gasteiger charge is -2.28. The van der Waals surface area contributed by atoms with Crippen molar-refractivity contribution in [3.8, 4) is 0 Å². The first-order chi connectivity index (χ1) is 12.5. The summed E-state index contributed by atoms with van der Waals surface area (Å²) in [5.41, 5.74) is 0.564. The molecule has 0 radical (unpaired) electrons. The Morgan fingerprint density at radius 3 is 2.96 bits per heavy atom. The lowest BCUT2D eigenvalue weighted by molar-refractivity contribution is -0.122. The quantitative estimate of drug-likeness (QED) is 0.809. The van der Waals surface area contributed by atoms with E-state index in [0.29, 0.717) is 29.8 Å². The lowest BCUT2D eigenvalue weighted by atomic mass is 9.84. The van der Waals surface area contributed by atoms with Crippen LogP contribution in [0.4, 0.5) is 0 Å². The van der Waals surface area contributed by atoms with E-state index in [1.807, 2.05) is 12.1 Å². The molecule has 2 aromatic rings. The highest BCUT2D eigenvalue weighted by atomic mass is 79.9. The van der Waals surface area contributed by atoms with Crippen molar-refractivity contribution in [1.82, 2.24) is 14.9 Å². The van der Waals surface area contributed by atoms with Crippen LogP contribution in [-0.2, 0) is 11.3 Å². The molecular weight excluding hydrogens is 394 g/mol. The van der Waals surface area contributed by atoms with E-state index in [9.17, 15) is 9.59 Å². The number of carbonyl (C=O) groups excluding carboxylic acids is 1. The fourth-order valence-corrected chi connectivity index (χ4v) is 5.21. The van der Waals surface area contributed by atoms with Crippen LogP contribution in [0.15, 0.2) is 33.8 Å². The van der Waals surface area contributed by atoms with E-state index in [1.165, 1.54) is 36.6 Å². The van der Waals surface area contributed by atoms with E-state index < -0.39 is 0 Å². The average molecular weight is 418 g/mol. The fraction of sp³-hybridized carbons (Fsp3) is 0.550. The summed E-state index contributed by atoms with van der Waals surface area (Å²) in [5.74, 6) is 2.31. The maximum Gasteiger partial charge on any atom is 0.261 e. The van der Waals surface area contributed by atoms with Crippen molar-refractivity contribution in [1.29, 1.82) is 0 Å². The highest BCUT2D eigenvalue weighted by Gasteiger charge is 2.42. The number of nitrogens with zero attached hydrogens (tertiary/aromatic N) is 2. The Kier molecular flexibility index (Phi) is 4.86. The lowest BCUT2D eigenvalue weighted by Crippen LogP contribution is -2.40. The molecule has 1 amide bonds. The zero-order chi connectivity index (χ0) is 18.3. The van der Waals surface area contributed by atoms with Gasteiger partial charge in [0.1, 0.15) is 0 Å². The van der Waals surface area contributed by atoms with Gasteiger partial charge < -0.3 is 5.32 Å². The smallest absolute Gasteiger partial charge is 0.261 e. The van der Waals surface area contributed by atoms with E-state index in [0.717, 1.165) is 16.3 Å². The van der Waals surface area contributed by atoms with Crippen LogP contribution in [0, 0.1) is 17.8 Å². The molecule has 2 bridgehead atoms. The monoisotopic (exact) mass is 417 g/mol. The molecule has 1 N–H and O–H groups in total. The third kappa shape index (κ3) is 3.43. The maximum atomic E-state index is 12.6. The van der Waals surface area contributed by atoms with Gasteiger partial charge in [0.25, 0.3) is 5.56 Å². The Labute approximate surface area is 161 Å². The van der Waals surface area contributed by atoms with E-state index >= 15 is 0 Å². The summed E-state index contributed by atoms with van der Waals surface area (Å²) in [4.78, 5) is 29.3. The first-order valence-electron chi connectivity index (χ1n) is 9.45. The number of carbonyl (C=O) groups is 1. The molecule has 2 aliphatic rings. The first kappa shape index (κ1) is 17.7. The Morgan fingerprint density at radius 2 is 2.23 bits per heavy atom. The number of halogens is 1. The molecule has 4 rings (SSSR count). The van der Waals surface area contributed by atoms with Crippen LogP contribution < -0.4 is 10.9 Å². The number of fused-ring (bicyclic) bond motifs is 3. The van der Waals surface area contributed by atoms with Gasteiger partial charge in [0, 0.05) is 23.5 Å². The van der Waals surface area contributed by atoms with Gasteiger partial charge in [-0.05, 0) is 62.1 Å². The summed E-state index contributed by atoms with van der Waals surface area (Å²) in [7, 11) is 0. The highest BCUT2D eigenvalue weighted by molar-refractivity contribution is 9.10. The molecular formula is C20H24BrN3O2. The average Bonchev–Trinajstić information content (AvgIpc) is 3.25. The van der Waals surface area contributed by atoms with E-state index in [4.69, 9.17) is 0 Å². The predicted molar refractivity (Wildman–Crippen MR) is 105 cm³/mol. The van der Waals surface area contributed by atoms with Crippen LogP contribution in [0.3, 0.4) is 0 Å². The molecule has 5 nitrogen and oxygen atoms in total. The van der Waals surface area contributed by atoms with Crippen LogP contribution in [0.25, 0.3) is 10.9 Å². The number of aryl methyl sites for hydroxylation is 1. The second kappa shape index (κ2) is 7.14. The van der Waals surface area contributed by atoms with E-state index in [2.05, 4.69) is 33.2 Å². The van der Waals surface area contributed by atoms with Gasteiger partial charge in [-0.1, -0.05) is 22.4 Å². The Bertz CT molecular complexity index is 894. The normalized spacial score (nSPS) is 25.5. The molecule has 1 aromatic heterocycles. The molecule has 4 unspecified atom stereocenters. The number of aromatic nitrogens is 2. The number of nitrogens with one attached hydrogen (secondary N) is 1. The molecule has 138 valence electrons. The molecule has 1 heterocycles. The largest absolute Gasteiger partial charge is 0.353 e. The minimum absolute atomic E-state index is 0.0153. The summed E-state index contributed by atoms with van der Waals surface area (Å²) >= 11 is 3.39. The topological polar surface area (TPSA) is 64.0 Å². The van der Waals surface area contributed by atoms with Crippen LogP contribution in [0.5, 0.6) is 0 Å². The van der Waals surface area contributed by atoms with Gasteiger partial charge in [-0.25, -0.2) is 4.98 Å². The molecule has 4 atom stereocenters. The number of amides is 1. The van der Waals surface area contributed by atoms with Crippen molar-refractivity contribution in [3.05, 3.63) is 39.4 Å². The highest BCUT2D eigenvalue weighted by Crippen LogP contribution is 2.49. The van der Waals surface area contributed by atoms with Gasteiger partial charge in [-0.2, -0.15) is 0 Å². The van der Waals surface area contributed by atoms with Crippen molar-refractivity contribution in [2.45, 2.75) is 51.6 Å². The molecule has 2 fully saturated rings. The minimum atomic E-state index is -0.106. The van der Waals surface area contributed by atoms with Crippen molar-refractivity contribution in [2.75, 3.05) is 0 Å². The molecule has 0 spiro atoms. The first-order valence-corrected chi connectivity index (χ1v) is 10.2. The molecule has 0 saturated heterocycles. The molecule has 1 aromatic carbocycles. The van der Waals surface area contributed by atoms with Crippen molar-refractivity contribution >= 4 is 32.7 Å². The molecule has 26 heavy (non-hydrogen) atoms. The molecule has 2 aliphatic carbocycles. The summed E-state index contributed by atoms with van der Waals surface area (Å²) in [6.07, 6.45) is 7.13. The van der Waals surface area contributed by atoms with Gasteiger partial charge >= 0.3 is 0 Å². The van der Waals surface area contributed by atoms with Gasteiger partial charge in [0.2, 0.25) is 5.91 Å². The van der Waals surface area contributed by atoms with E-state index in [1.54, 1.807) is 6.07 Å². The summed E-state index contributed by atoms with van der Waals surface area (Å²) in [6, 6.07) is 5.68. The van der Waals surface area contributed by atoms with Crippen molar-refractivity contribution in [2.24, 2.45) is 17.8 Å². The minimum Gasteiger partial charge on any atom is -0.353 e. The SMILES string of the molecule is CC(NC(=O)CCn1cnc2ccc(Br)cc2c1=O)C1CC2CCC1C2. The fourth-order valence-electron chi connectivity index (χ4n) is 4.85. The number of hydrogen-bond acceptors (Lipinski definition) is 3. The molecule has 2 saturated carbocycles. The van der Waals surface area contributed by atoms with Crippen LogP contribution in [-0.4, -0.2) is 21.5 Å². The molecule has 0 aliphatic heterocycles. The third-order valence-electron chi connectivity index (χ3n) is 6.19. The van der Waals surface area contributed by atoms with Crippen molar-refractivity contribution < 1.29 is 4.79 Å². The van der Waals surface area contributed by atoms with E-state index in [-0.39, 0.29) is 17.5 Å². The van der Waals surface area contributed by atoms with Crippen molar-refractivity contribution in [3.63, 3.8) is 0 Å². The Hall–Kier alpha value is -1.69. The zero-order valence-corrected chi connectivity index (χ0v) is 16.5. The Morgan fingerprint density at radius 1 is 1.38 bits per heavy atom. The van der Waals surface area contributed by atoms with Gasteiger partial charge in [0.05, 0.1) is 17.2 Å². The van der Waals surface area contributed by atoms with Crippen LogP contribution in [0.2, 0.25) is 0 Å². The second-order valence-corrected chi connectivity index (χ2v) is 8.77. The van der Waals surface area contributed by atoms with Crippen LogP contribution >= 0.6 is 15.9 Å². The maximum absolute atomic E-state index is 12.6. The summed E-state index contributed by atoms with van der Waals surface area (Å²) in [6.45, 7) is 2.48.